The molecule has 25 aromatic rings. The van der Waals surface area contributed by atoms with Gasteiger partial charge in [-0.1, -0.05) is 297 Å². The lowest BCUT2D eigenvalue weighted by atomic mass is 10.00. The fraction of sp³-hybridized carbons (Fsp3) is 0. The Hall–Kier alpha value is -15.9. The van der Waals surface area contributed by atoms with Crippen LogP contribution in [0.2, 0.25) is 0 Å². The highest BCUT2D eigenvalue weighted by Crippen LogP contribution is 2.47. The Bertz CT molecular complexity index is 8450. The summed E-state index contributed by atoms with van der Waals surface area (Å²) in [6.07, 6.45) is 0. The molecule has 574 valence electrons. The Morgan fingerprint density at radius 1 is 0.195 bits per heavy atom. The molecule has 123 heavy (non-hydrogen) atoms. The molecule has 0 bridgehead atoms. The number of thiophene rings is 1. The van der Waals surface area contributed by atoms with E-state index in [9.17, 15) is 5.26 Å². The van der Waals surface area contributed by atoms with Crippen molar-refractivity contribution in [1.29, 1.82) is 5.26 Å². The summed E-state index contributed by atoms with van der Waals surface area (Å²) in [5, 5.41) is 30.0. The van der Waals surface area contributed by atoms with Crippen LogP contribution in [0, 0.1) is 11.3 Å². The number of rotatable bonds is 12. The van der Waals surface area contributed by atoms with Gasteiger partial charge in [-0.05, 0) is 206 Å². The number of benzene rings is 19. The van der Waals surface area contributed by atoms with Gasteiger partial charge in [0.15, 0.2) is 8.07 Å². The van der Waals surface area contributed by atoms with Crippen LogP contribution in [0.15, 0.2) is 449 Å². The molecule has 0 amide bonds. The summed E-state index contributed by atoms with van der Waals surface area (Å²) >= 11 is 1.88. The van der Waals surface area contributed by atoms with E-state index in [1.807, 2.05) is 29.5 Å². The minimum absolute atomic E-state index is 0.654. The fourth-order valence-corrected chi connectivity index (χ4v) is 26.1. The Balaban J connectivity index is 0.000000155. The molecular formula is C115H74N6SSi. The maximum Gasteiger partial charge on any atom is 0.179 e. The molecule has 0 aliphatic carbocycles. The summed E-state index contributed by atoms with van der Waals surface area (Å²) in [5.74, 6) is 0. The molecule has 8 heteroatoms. The van der Waals surface area contributed by atoms with Gasteiger partial charge >= 0.3 is 0 Å². The average molecular weight is 1600 g/mol. The van der Waals surface area contributed by atoms with Gasteiger partial charge in [-0.15, -0.1) is 11.3 Å². The van der Waals surface area contributed by atoms with Crippen molar-refractivity contribution in [2.24, 2.45) is 0 Å². The topological polar surface area (TPSA) is 48.4 Å². The lowest BCUT2D eigenvalue weighted by Crippen LogP contribution is -2.74. The van der Waals surface area contributed by atoms with Crippen LogP contribution in [0.25, 0.3) is 191 Å². The number of hydrogen-bond acceptors (Lipinski definition) is 2. The largest absolute Gasteiger partial charge is 0.309 e. The maximum atomic E-state index is 9.58. The summed E-state index contributed by atoms with van der Waals surface area (Å²) in [7, 11) is -2.68. The first-order valence-corrected chi connectivity index (χ1v) is 44.8. The molecule has 0 saturated carbocycles. The second-order valence-corrected chi connectivity index (χ2v) is 37.0. The van der Waals surface area contributed by atoms with Crippen molar-refractivity contribution < 1.29 is 0 Å². The zero-order valence-corrected chi connectivity index (χ0v) is 68.6. The van der Waals surface area contributed by atoms with E-state index in [4.69, 9.17) is 0 Å². The molecule has 19 aromatic carbocycles. The van der Waals surface area contributed by atoms with Crippen LogP contribution in [0.1, 0.15) is 5.56 Å². The van der Waals surface area contributed by atoms with E-state index in [1.54, 1.807) is 0 Å². The molecule has 0 aliphatic rings. The highest BCUT2D eigenvalue weighted by molar-refractivity contribution is 7.26. The van der Waals surface area contributed by atoms with Crippen LogP contribution in [0.5, 0.6) is 0 Å². The van der Waals surface area contributed by atoms with Gasteiger partial charge in [-0.3, -0.25) is 0 Å². The first kappa shape index (κ1) is 71.2. The molecular weight excluding hydrogens is 1530 g/mol. The van der Waals surface area contributed by atoms with E-state index < -0.39 is 8.07 Å². The van der Waals surface area contributed by atoms with E-state index in [1.165, 1.54) is 178 Å². The number of aromatic nitrogens is 5. The molecule has 0 fully saturated rings. The normalized spacial score (nSPS) is 11.9. The van der Waals surface area contributed by atoms with Crippen molar-refractivity contribution in [2.45, 2.75) is 0 Å². The third-order valence-corrected chi connectivity index (χ3v) is 31.5. The number of fused-ring (bicyclic) bond motifs is 19. The van der Waals surface area contributed by atoms with Crippen LogP contribution in [0.4, 0.5) is 0 Å². The molecule has 25 rings (SSSR count). The SMILES string of the molecule is N#Cc1cccc(-n2c3ccccc3c3cc(-c4ccc5c(c4)c4ccc6c7ccccc7sc6c4n5-c4ccccc4)ccc32)c1.c1ccc(-n2c3ccccc3c3cc4c5cc(-c6ccc7c(c6)c6ccccc6n7-c6ccc(-c7cccc([Si](c8ccccc8)(c8ccccc8)c8ccccc8)c7)cc6)ccc5n(-c5ccccc5)c4cc32)cc1. The summed E-state index contributed by atoms with van der Waals surface area (Å²) < 4.78 is 14.6. The Labute approximate surface area is 714 Å². The smallest absolute Gasteiger partial charge is 0.179 e. The highest BCUT2D eigenvalue weighted by Gasteiger charge is 2.41. The van der Waals surface area contributed by atoms with Crippen LogP contribution < -0.4 is 20.7 Å². The van der Waals surface area contributed by atoms with E-state index in [0.29, 0.717) is 5.56 Å². The molecule has 0 atom stereocenters. The van der Waals surface area contributed by atoms with Crippen LogP contribution in [-0.2, 0) is 0 Å². The molecule has 6 nitrogen and oxygen atoms in total. The Kier molecular flexibility index (Phi) is 16.8. The fourth-order valence-electron chi connectivity index (χ4n) is 20.1. The quantitative estimate of drug-likeness (QED) is 0.0888. The molecule has 0 saturated heterocycles. The highest BCUT2D eigenvalue weighted by atomic mass is 32.1. The standard InChI is InChI=1S/C72H49N3Si.C43H25N3S/c1-6-22-54(23-7-1)74-68-36-19-17-34-62(68)65-48-66-64-47-53(40-44-70(64)75(72(66)49-71(65)74)55-24-8-2-9-25-55)52-39-43-69-63(46-52)61-33-16-18-35-67(61)73(69)56-41-37-50(38-42-56)51-21-20-32-60(45-51)76(57-26-10-3-11-27-57,58-28-12-4-13-29-58)59-30-14-5-15-31-59;44-26-27-9-8-12-31(23-27)45-38-15-6-4-13-32(38)36-24-28(17-21-39(36)45)29-18-22-40-37(25-29)34-19-20-35-33-14-5-7-16-41(33)47-43(35)42(34)46(40)30-10-2-1-3-11-30/h1-49H;1-25H. The number of hydrogen-bond donors (Lipinski definition) is 0. The van der Waals surface area contributed by atoms with Crippen molar-refractivity contribution in [2.75, 3.05) is 0 Å². The van der Waals surface area contributed by atoms with E-state index >= 15 is 0 Å². The monoisotopic (exact) mass is 1600 g/mol. The first-order valence-electron chi connectivity index (χ1n) is 42.0. The molecule has 0 radical (unpaired) electrons. The first-order chi connectivity index (χ1) is 61.0. The molecule has 0 spiro atoms. The van der Waals surface area contributed by atoms with Crippen LogP contribution in [-0.4, -0.2) is 30.9 Å². The summed E-state index contributed by atoms with van der Waals surface area (Å²) in [4.78, 5) is 0. The lowest BCUT2D eigenvalue weighted by Gasteiger charge is -2.34. The zero-order valence-electron chi connectivity index (χ0n) is 66.8. The second kappa shape index (κ2) is 29.0. The molecule has 6 aromatic heterocycles. The Morgan fingerprint density at radius 2 is 0.528 bits per heavy atom. The van der Waals surface area contributed by atoms with Gasteiger partial charge in [0.1, 0.15) is 0 Å². The van der Waals surface area contributed by atoms with E-state index in [2.05, 4.69) is 460 Å². The number of nitriles is 1. The predicted molar refractivity (Wildman–Crippen MR) is 522 cm³/mol. The number of nitrogens with zero attached hydrogens (tertiary/aromatic N) is 6. The Morgan fingerprint density at radius 3 is 1.02 bits per heavy atom. The number of para-hydroxylation sites is 6. The van der Waals surface area contributed by atoms with Gasteiger partial charge in [-0.25, -0.2) is 0 Å². The van der Waals surface area contributed by atoms with Gasteiger partial charge in [0, 0.05) is 97.8 Å². The van der Waals surface area contributed by atoms with E-state index in [-0.39, 0.29) is 0 Å². The van der Waals surface area contributed by atoms with Gasteiger partial charge in [0.25, 0.3) is 0 Å². The van der Waals surface area contributed by atoms with Gasteiger partial charge in [0.05, 0.1) is 71.5 Å². The summed E-state index contributed by atoms with van der Waals surface area (Å²) in [5.41, 5.74) is 25.3. The molecule has 0 unspecified atom stereocenters. The third-order valence-electron chi connectivity index (χ3n) is 25.5. The van der Waals surface area contributed by atoms with Crippen LogP contribution in [0.3, 0.4) is 0 Å². The van der Waals surface area contributed by atoms with Crippen molar-refractivity contribution in [3.05, 3.63) is 454 Å². The minimum Gasteiger partial charge on any atom is -0.309 e. The summed E-state index contributed by atoms with van der Waals surface area (Å²) in [6.45, 7) is 0. The van der Waals surface area contributed by atoms with Crippen molar-refractivity contribution >= 4 is 169 Å². The second-order valence-electron chi connectivity index (χ2n) is 32.1. The average Bonchev–Trinajstić information content (AvgIpc) is 1.64. The van der Waals surface area contributed by atoms with Crippen molar-refractivity contribution in [3.63, 3.8) is 0 Å². The summed E-state index contributed by atoms with van der Waals surface area (Å²) in [6, 6.07) is 167. The predicted octanol–water partition coefficient (Wildman–Crippen LogP) is 27.5. The van der Waals surface area contributed by atoms with Crippen molar-refractivity contribution in [1.82, 2.24) is 22.8 Å². The van der Waals surface area contributed by atoms with Crippen molar-refractivity contribution in [3.8, 4) is 67.9 Å². The third kappa shape index (κ3) is 11.4. The molecule has 0 aliphatic heterocycles. The maximum absolute atomic E-state index is 9.58. The van der Waals surface area contributed by atoms with Gasteiger partial charge < -0.3 is 22.8 Å². The molecule has 6 heterocycles. The van der Waals surface area contributed by atoms with E-state index in [0.717, 1.165) is 33.8 Å². The lowest BCUT2D eigenvalue weighted by molar-refractivity contribution is 1.16. The van der Waals surface area contributed by atoms with Crippen LogP contribution >= 0.6 is 11.3 Å². The van der Waals surface area contributed by atoms with Gasteiger partial charge in [-0.2, -0.15) is 5.26 Å². The van der Waals surface area contributed by atoms with Gasteiger partial charge in [0.2, 0.25) is 0 Å². The molecule has 0 N–H and O–H groups in total. The zero-order chi connectivity index (χ0) is 81.2. The minimum atomic E-state index is -2.68.